The van der Waals surface area contributed by atoms with Crippen LogP contribution in [0.1, 0.15) is 11.1 Å². The summed E-state index contributed by atoms with van der Waals surface area (Å²) in [6.07, 6.45) is 2.08. The van der Waals surface area contributed by atoms with Crippen molar-refractivity contribution in [1.29, 1.82) is 0 Å². The Kier molecular flexibility index (Phi) is 3.60. The Morgan fingerprint density at radius 2 is 1.50 bits per heavy atom. The number of ether oxygens (including phenoxy) is 1. The number of methoxy groups -OCH3 is 1. The molecule has 0 bridgehead atoms. The van der Waals surface area contributed by atoms with Gasteiger partial charge in [-0.3, -0.25) is 0 Å². The lowest BCUT2D eigenvalue weighted by molar-refractivity contribution is 0.409. The van der Waals surface area contributed by atoms with E-state index in [1.165, 1.54) is 11.1 Å². The van der Waals surface area contributed by atoms with Crippen molar-refractivity contribution in [3.05, 3.63) is 65.7 Å². The molecule has 0 saturated carbocycles. The maximum absolute atomic E-state index is 5.33. The second-order valence-electron chi connectivity index (χ2n) is 3.80. The molecule has 0 aromatic heterocycles. The van der Waals surface area contributed by atoms with Crippen molar-refractivity contribution in [3.63, 3.8) is 0 Å². The predicted octanol–water partition coefficient (Wildman–Crippen LogP) is 3.48. The second kappa shape index (κ2) is 5.36. The number of para-hydroxylation sites is 1. The summed E-state index contributed by atoms with van der Waals surface area (Å²) in [6, 6.07) is 18.7. The molecule has 2 aromatic carbocycles. The van der Waals surface area contributed by atoms with E-state index in [9.17, 15) is 0 Å². The third-order valence-electron chi connectivity index (χ3n) is 2.72. The topological polar surface area (TPSA) is 9.23 Å². The number of benzene rings is 2. The fourth-order valence-electron chi connectivity index (χ4n) is 1.83. The smallest absolute Gasteiger partial charge is 0.122 e. The second-order valence-corrected chi connectivity index (χ2v) is 3.80. The molecular weight excluding hydrogens is 196 g/mol. The lowest BCUT2D eigenvalue weighted by atomic mass is 10.0. The SMILES string of the molecule is COc1ccccc1CCc1ccccc1. The highest BCUT2D eigenvalue weighted by molar-refractivity contribution is 5.34. The molecule has 0 atom stereocenters. The van der Waals surface area contributed by atoms with Crippen LogP contribution in [0.15, 0.2) is 54.6 Å². The van der Waals surface area contributed by atoms with Gasteiger partial charge in [0.15, 0.2) is 0 Å². The highest BCUT2D eigenvalue weighted by Crippen LogP contribution is 2.19. The Morgan fingerprint density at radius 3 is 2.25 bits per heavy atom. The number of hydrogen-bond donors (Lipinski definition) is 0. The molecule has 0 N–H and O–H groups in total. The van der Waals surface area contributed by atoms with Gasteiger partial charge in [0.2, 0.25) is 0 Å². The summed E-state index contributed by atoms with van der Waals surface area (Å²) >= 11 is 0. The quantitative estimate of drug-likeness (QED) is 0.754. The standard InChI is InChI=1S/C15H16O/c1-16-15-10-6-5-9-14(15)12-11-13-7-3-2-4-8-13/h2-10H,11-12H2,1H3. The number of rotatable bonds is 4. The Labute approximate surface area is 96.7 Å². The zero-order chi connectivity index (χ0) is 11.2. The zero-order valence-corrected chi connectivity index (χ0v) is 9.52. The summed E-state index contributed by atoms with van der Waals surface area (Å²) in [5.41, 5.74) is 2.64. The van der Waals surface area contributed by atoms with Crippen molar-refractivity contribution in [2.24, 2.45) is 0 Å². The van der Waals surface area contributed by atoms with Crippen molar-refractivity contribution >= 4 is 0 Å². The minimum Gasteiger partial charge on any atom is -0.496 e. The molecule has 0 aliphatic carbocycles. The van der Waals surface area contributed by atoms with Crippen LogP contribution >= 0.6 is 0 Å². The van der Waals surface area contributed by atoms with E-state index in [4.69, 9.17) is 4.74 Å². The fraction of sp³-hybridized carbons (Fsp3) is 0.200. The van der Waals surface area contributed by atoms with Crippen LogP contribution in [0.2, 0.25) is 0 Å². The first-order valence-electron chi connectivity index (χ1n) is 5.56. The molecule has 0 unspecified atom stereocenters. The van der Waals surface area contributed by atoms with E-state index in [0.29, 0.717) is 0 Å². The molecule has 0 amide bonds. The van der Waals surface area contributed by atoms with E-state index >= 15 is 0 Å². The molecule has 2 rings (SSSR count). The number of hydrogen-bond acceptors (Lipinski definition) is 1. The van der Waals surface area contributed by atoms with Crippen LogP contribution in [-0.4, -0.2) is 7.11 Å². The van der Waals surface area contributed by atoms with E-state index in [0.717, 1.165) is 18.6 Å². The van der Waals surface area contributed by atoms with E-state index < -0.39 is 0 Å². The minimum atomic E-state index is 0.985. The van der Waals surface area contributed by atoms with E-state index in [1.54, 1.807) is 7.11 Å². The first-order chi connectivity index (χ1) is 7.90. The van der Waals surface area contributed by atoms with Gasteiger partial charge in [-0.15, -0.1) is 0 Å². The van der Waals surface area contributed by atoms with Gasteiger partial charge in [-0.05, 0) is 30.0 Å². The fourth-order valence-corrected chi connectivity index (χ4v) is 1.83. The van der Waals surface area contributed by atoms with Crippen LogP contribution in [0.25, 0.3) is 0 Å². The average Bonchev–Trinajstić information content (AvgIpc) is 2.38. The van der Waals surface area contributed by atoms with Gasteiger partial charge in [-0.2, -0.15) is 0 Å². The van der Waals surface area contributed by atoms with Crippen molar-refractivity contribution in [2.75, 3.05) is 7.11 Å². The van der Waals surface area contributed by atoms with Crippen molar-refractivity contribution in [2.45, 2.75) is 12.8 Å². The third-order valence-corrected chi connectivity index (χ3v) is 2.72. The highest BCUT2D eigenvalue weighted by Gasteiger charge is 2.01. The van der Waals surface area contributed by atoms with Gasteiger partial charge in [0.25, 0.3) is 0 Å². The molecule has 0 radical (unpaired) electrons. The summed E-state index contributed by atoms with van der Waals surface area (Å²) in [4.78, 5) is 0. The van der Waals surface area contributed by atoms with Crippen LogP contribution in [0.4, 0.5) is 0 Å². The summed E-state index contributed by atoms with van der Waals surface area (Å²) < 4.78 is 5.33. The Hall–Kier alpha value is -1.76. The number of aryl methyl sites for hydroxylation is 2. The minimum absolute atomic E-state index is 0.985. The first-order valence-corrected chi connectivity index (χ1v) is 5.56. The van der Waals surface area contributed by atoms with Gasteiger partial charge in [0.1, 0.15) is 5.75 Å². The average molecular weight is 212 g/mol. The third kappa shape index (κ3) is 2.63. The van der Waals surface area contributed by atoms with Crippen molar-refractivity contribution in [1.82, 2.24) is 0 Å². The molecule has 0 aliphatic heterocycles. The van der Waals surface area contributed by atoms with Crippen LogP contribution in [-0.2, 0) is 12.8 Å². The van der Waals surface area contributed by atoms with E-state index in [1.807, 2.05) is 18.2 Å². The lowest BCUT2D eigenvalue weighted by Crippen LogP contribution is -1.94. The van der Waals surface area contributed by atoms with E-state index in [2.05, 4.69) is 36.4 Å². The molecule has 82 valence electrons. The Balaban J connectivity index is 2.05. The normalized spacial score (nSPS) is 10.1. The molecular formula is C15H16O. The van der Waals surface area contributed by atoms with Gasteiger partial charge in [0, 0.05) is 0 Å². The van der Waals surface area contributed by atoms with Gasteiger partial charge < -0.3 is 4.74 Å². The van der Waals surface area contributed by atoms with Gasteiger partial charge >= 0.3 is 0 Å². The molecule has 0 saturated heterocycles. The van der Waals surface area contributed by atoms with Gasteiger partial charge in [0.05, 0.1) is 7.11 Å². The van der Waals surface area contributed by atoms with Crippen molar-refractivity contribution in [3.8, 4) is 5.75 Å². The maximum Gasteiger partial charge on any atom is 0.122 e. The van der Waals surface area contributed by atoms with Crippen LogP contribution < -0.4 is 4.74 Å². The molecule has 0 spiro atoms. The van der Waals surface area contributed by atoms with Crippen LogP contribution in [0.3, 0.4) is 0 Å². The summed E-state index contributed by atoms with van der Waals surface area (Å²) in [5, 5.41) is 0. The van der Waals surface area contributed by atoms with E-state index in [-0.39, 0.29) is 0 Å². The van der Waals surface area contributed by atoms with Crippen molar-refractivity contribution < 1.29 is 4.74 Å². The molecule has 0 heterocycles. The molecule has 0 fully saturated rings. The van der Waals surface area contributed by atoms with Gasteiger partial charge in [-0.25, -0.2) is 0 Å². The maximum atomic E-state index is 5.33. The van der Waals surface area contributed by atoms with Crippen LogP contribution in [0.5, 0.6) is 5.75 Å². The van der Waals surface area contributed by atoms with Crippen LogP contribution in [0, 0.1) is 0 Å². The molecule has 1 nitrogen and oxygen atoms in total. The predicted molar refractivity (Wildman–Crippen MR) is 66.8 cm³/mol. The molecule has 1 heteroatoms. The summed E-state index contributed by atoms with van der Waals surface area (Å²) in [5.74, 6) is 0.985. The highest BCUT2D eigenvalue weighted by atomic mass is 16.5. The largest absolute Gasteiger partial charge is 0.496 e. The van der Waals surface area contributed by atoms with Gasteiger partial charge in [-0.1, -0.05) is 48.5 Å². The first kappa shape index (κ1) is 10.7. The summed E-state index contributed by atoms with van der Waals surface area (Å²) in [7, 11) is 1.72. The molecule has 0 aliphatic rings. The Bertz CT molecular complexity index is 434. The summed E-state index contributed by atoms with van der Waals surface area (Å²) in [6.45, 7) is 0. The zero-order valence-electron chi connectivity index (χ0n) is 9.52. The monoisotopic (exact) mass is 212 g/mol. The lowest BCUT2D eigenvalue weighted by Gasteiger charge is -2.07. The molecule has 16 heavy (non-hydrogen) atoms. The Morgan fingerprint density at radius 1 is 0.812 bits per heavy atom. The molecule has 2 aromatic rings.